The molecule has 4 rings (SSSR count). The predicted octanol–water partition coefficient (Wildman–Crippen LogP) is 2.97. The van der Waals surface area contributed by atoms with Crippen LogP contribution in [0, 0.1) is 6.92 Å². The first-order valence-corrected chi connectivity index (χ1v) is 13.3. The molecule has 0 bridgehead atoms. The van der Waals surface area contributed by atoms with Gasteiger partial charge in [-0.05, 0) is 37.6 Å². The van der Waals surface area contributed by atoms with Crippen molar-refractivity contribution in [2.45, 2.75) is 25.2 Å². The van der Waals surface area contributed by atoms with Crippen LogP contribution in [0.1, 0.15) is 24.4 Å². The molecule has 0 aliphatic rings. The summed E-state index contributed by atoms with van der Waals surface area (Å²) in [5.41, 5.74) is 1.89. The molecule has 0 aliphatic heterocycles. The predicted molar refractivity (Wildman–Crippen MR) is 143 cm³/mol. The average Bonchev–Trinajstić information content (AvgIpc) is 3.35. The number of pyridine rings is 1. The molecule has 0 saturated heterocycles. The second kappa shape index (κ2) is 11.6. The van der Waals surface area contributed by atoms with Gasteiger partial charge in [0.1, 0.15) is 28.5 Å². The third-order valence-electron chi connectivity index (χ3n) is 5.96. The van der Waals surface area contributed by atoms with Gasteiger partial charge in [-0.1, -0.05) is 6.07 Å². The van der Waals surface area contributed by atoms with Crippen molar-refractivity contribution in [3.8, 4) is 34.3 Å². The number of para-hydroxylation sites is 1. The van der Waals surface area contributed by atoms with Gasteiger partial charge in [0.05, 0.1) is 33.7 Å². The van der Waals surface area contributed by atoms with E-state index >= 15 is 0 Å². The van der Waals surface area contributed by atoms with Crippen LogP contribution in [0.3, 0.4) is 0 Å². The Morgan fingerprint density at radius 3 is 2.15 bits per heavy atom. The van der Waals surface area contributed by atoms with E-state index in [-0.39, 0.29) is 11.8 Å². The summed E-state index contributed by atoms with van der Waals surface area (Å²) in [6.45, 7) is 3.37. The summed E-state index contributed by atoms with van der Waals surface area (Å²) in [6.07, 6.45) is 5.19. The lowest BCUT2D eigenvalue weighted by Crippen LogP contribution is -2.33. The van der Waals surface area contributed by atoms with Crippen molar-refractivity contribution in [3.05, 3.63) is 60.4 Å². The van der Waals surface area contributed by atoms with Crippen molar-refractivity contribution >= 4 is 16.0 Å². The monoisotopic (exact) mass is 555 g/mol. The lowest BCUT2D eigenvalue weighted by atomic mass is 10.2. The Morgan fingerprint density at radius 1 is 0.923 bits per heavy atom. The summed E-state index contributed by atoms with van der Waals surface area (Å²) in [5, 5.41) is 7.36. The minimum atomic E-state index is -4.14. The van der Waals surface area contributed by atoms with Crippen LogP contribution in [0.5, 0.6) is 17.2 Å². The van der Waals surface area contributed by atoms with Gasteiger partial charge in [0.25, 0.3) is 0 Å². The Bertz CT molecular complexity index is 1520. The first-order valence-electron chi connectivity index (χ1n) is 11.7. The summed E-state index contributed by atoms with van der Waals surface area (Å²) in [7, 11) is 1.73. The number of rotatable bonds is 11. The Kier molecular flexibility index (Phi) is 8.26. The number of nitrogens with one attached hydrogen (secondary N) is 1. The van der Waals surface area contributed by atoms with Crippen LogP contribution in [-0.4, -0.2) is 71.8 Å². The molecule has 13 nitrogen and oxygen atoms in total. The molecule has 1 N–H and O–H groups in total. The van der Waals surface area contributed by atoms with E-state index in [1.165, 1.54) is 52.3 Å². The molecule has 0 spiro atoms. The topological polar surface area (TPSA) is 152 Å². The fourth-order valence-corrected chi connectivity index (χ4v) is 5.08. The molecule has 39 heavy (non-hydrogen) atoms. The number of sulfonamides is 1. The van der Waals surface area contributed by atoms with E-state index < -0.39 is 21.4 Å². The van der Waals surface area contributed by atoms with E-state index in [0.29, 0.717) is 34.3 Å². The van der Waals surface area contributed by atoms with E-state index in [2.05, 4.69) is 29.9 Å². The number of methoxy groups -OCH3 is 4. The Balaban J connectivity index is 1.82. The third kappa shape index (κ3) is 5.61. The van der Waals surface area contributed by atoms with Crippen molar-refractivity contribution in [1.82, 2.24) is 29.7 Å². The van der Waals surface area contributed by atoms with Crippen LogP contribution in [0.25, 0.3) is 17.1 Å². The van der Waals surface area contributed by atoms with Crippen molar-refractivity contribution in [2.24, 2.45) is 0 Å². The van der Waals surface area contributed by atoms with Crippen LogP contribution in [0.2, 0.25) is 0 Å². The quantitative estimate of drug-likeness (QED) is 0.291. The van der Waals surface area contributed by atoms with Gasteiger partial charge in [0.15, 0.2) is 17.4 Å². The molecule has 2 atom stereocenters. The molecule has 4 aromatic rings. The molecule has 3 aromatic heterocycles. The summed E-state index contributed by atoms with van der Waals surface area (Å²) in [6, 6.07) is 7.06. The van der Waals surface area contributed by atoms with Crippen molar-refractivity contribution < 1.29 is 27.4 Å². The minimum Gasteiger partial charge on any atom is -0.494 e. The lowest BCUT2D eigenvalue weighted by Gasteiger charge is -2.23. The zero-order chi connectivity index (χ0) is 28.2. The molecule has 0 amide bonds. The largest absolute Gasteiger partial charge is 0.494 e. The van der Waals surface area contributed by atoms with Crippen LogP contribution in [0.4, 0.5) is 5.95 Å². The first kappa shape index (κ1) is 27.7. The molecule has 0 fully saturated rings. The van der Waals surface area contributed by atoms with Crippen molar-refractivity contribution in [3.63, 3.8) is 0 Å². The fraction of sp³-hybridized carbons (Fsp3) is 0.320. The maximum absolute atomic E-state index is 13.7. The van der Waals surface area contributed by atoms with Gasteiger partial charge in [0.2, 0.25) is 16.0 Å². The second-order valence-corrected chi connectivity index (χ2v) is 10.5. The number of aromatic nitrogens is 6. The summed E-state index contributed by atoms with van der Waals surface area (Å²) >= 11 is 0. The van der Waals surface area contributed by atoms with Crippen molar-refractivity contribution in [1.29, 1.82) is 0 Å². The van der Waals surface area contributed by atoms with Crippen LogP contribution in [0.15, 0.2) is 49.1 Å². The third-order valence-corrected chi connectivity index (χ3v) is 7.66. The summed E-state index contributed by atoms with van der Waals surface area (Å²) in [5.74, 6) is 1.65. The minimum absolute atomic E-state index is 0.0911. The van der Waals surface area contributed by atoms with Gasteiger partial charge in [-0.25, -0.2) is 18.4 Å². The SMILES string of the molecule is COc1cnc(C(OC)C(C)S(=O)(=O)Nc2nnc(-c3cncc(C)c3)n2-c2c(OC)cccc2OC)nc1. The Hall–Kier alpha value is -4.30. The number of anilines is 1. The van der Waals surface area contributed by atoms with Crippen LogP contribution < -0.4 is 18.9 Å². The van der Waals surface area contributed by atoms with E-state index in [0.717, 1.165) is 5.56 Å². The number of aryl methyl sites for hydroxylation is 1. The molecule has 3 heterocycles. The fourth-order valence-electron chi connectivity index (χ4n) is 3.95. The van der Waals surface area contributed by atoms with Gasteiger partial charge >= 0.3 is 0 Å². The van der Waals surface area contributed by atoms with Gasteiger partial charge < -0.3 is 18.9 Å². The van der Waals surface area contributed by atoms with E-state index in [1.807, 2.05) is 13.0 Å². The van der Waals surface area contributed by atoms with Gasteiger partial charge in [0, 0.05) is 25.1 Å². The summed E-state index contributed by atoms with van der Waals surface area (Å²) < 4.78 is 53.2. The molecule has 14 heteroatoms. The molecular weight excluding hydrogens is 526 g/mol. The highest BCUT2D eigenvalue weighted by Gasteiger charge is 2.35. The second-order valence-electron chi connectivity index (χ2n) is 8.43. The smallest absolute Gasteiger partial charge is 0.243 e. The number of nitrogens with zero attached hydrogens (tertiary/aromatic N) is 6. The lowest BCUT2D eigenvalue weighted by molar-refractivity contribution is 0.0948. The van der Waals surface area contributed by atoms with Crippen LogP contribution in [-0.2, 0) is 14.8 Å². The van der Waals surface area contributed by atoms with E-state index in [4.69, 9.17) is 18.9 Å². The maximum atomic E-state index is 13.7. The highest BCUT2D eigenvalue weighted by Crippen LogP contribution is 2.38. The van der Waals surface area contributed by atoms with E-state index in [1.54, 1.807) is 30.6 Å². The number of ether oxygens (including phenoxy) is 4. The Morgan fingerprint density at radius 2 is 1.59 bits per heavy atom. The highest BCUT2D eigenvalue weighted by molar-refractivity contribution is 7.93. The number of benzene rings is 1. The van der Waals surface area contributed by atoms with Crippen LogP contribution >= 0.6 is 0 Å². The van der Waals surface area contributed by atoms with E-state index in [9.17, 15) is 8.42 Å². The molecule has 206 valence electrons. The molecule has 0 saturated carbocycles. The highest BCUT2D eigenvalue weighted by atomic mass is 32.2. The number of hydrogen-bond donors (Lipinski definition) is 1. The zero-order valence-electron chi connectivity index (χ0n) is 22.3. The first-order chi connectivity index (χ1) is 18.7. The molecular formula is C25H29N7O6S. The molecule has 0 aliphatic carbocycles. The molecule has 1 aromatic carbocycles. The average molecular weight is 556 g/mol. The molecule has 2 unspecified atom stereocenters. The van der Waals surface area contributed by atoms with Crippen molar-refractivity contribution in [2.75, 3.05) is 33.2 Å². The van der Waals surface area contributed by atoms with Gasteiger partial charge in [-0.15, -0.1) is 10.2 Å². The molecule has 0 radical (unpaired) electrons. The zero-order valence-corrected chi connectivity index (χ0v) is 23.1. The normalized spacial score (nSPS) is 13.0. The summed E-state index contributed by atoms with van der Waals surface area (Å²) in [4.78, 5) is 12.6. The maximum Gasteiger partial charge on any atom is 0.243 e. The van der Waals surface area contributed by atoms with Gasteiger partial charge in [-0.2, -0.15) is 0 Å². The number of hydrogen-bond acceptors (Lipinski definition) is 11. The standard InChI is InChI=1S/C25H29N7O6S/c1-15-10-17(12-26-11-15)24-29-30-25(32(24)21-19(36-4)8-7-9-20(21)37-5)31-39(33,34)16(2)22(38-6)23-27-13-18(35-3)14-28-23/h7-14,16,22H,1-6H3,(H,30,31). The van der Waals surface area contributed by atoms with Gasteiger partial charge in [-0.3, -0.25) is 14.3 Å². The Labute approximate surface area is 226 Å².